The predicted molar refractivity (Wildman–Crippen MR) is 126 cm³/mol. The fourth-order valence-corrected chi connectivity index (χ4v) is 6.02. The molecule has 0 radical (unpaired) electrons. The van der Waals surface area contributed by atoms with Crippen LogP contribution in [0.15, 0.2) is 23.1 Å². The second-order valence-electron chi connectivity index (χ2n) is 9.41. The van der Waals surface area contributed by atoms with Gasteiger partial charge in [-0.25, -0.2) is 13.1 Å². The quantitative estimate of drug-likeness (QED) is 0.670. The van der Waals surface area contributed by atoms with E-state index in [1.54, 1.807) is 17.0 Å². The number of likely N-dealkylation sites (tertiary alicyclic amines) is 1. The zero-order valence-corrected chi connectivity index (χ0v) is 20.2. The standard InChI is InChI=1S/C24H36N4O4S/c29-23(18-25-33(31,32)22-10-9-20-7-3-4-8-21(20)17-22)28-15-13-26(14-16-28)19-24(30)27-11-5-1-2-6-12-27/h9-10,17,25H,1-8,11-16,18-19H2. The maximum atomic E-state index is 12.7. The largest absolute Gasteiger partial charge is 0.342 e. The zero-order valence-electron chi connectivity index (χ0n) is 19.4. The van der Waals surface area contributed by atoms with E-state index in [-0.39, 0.29) is 23.3 Å². The molecule has 2 amide bonds. The van der Waals surface area contributed by atoms with Crippen LogP contribution >= 0.6 is 0 Å². The Bertz CT molecular complexity index is 949. The van der Waals surface area contributed by atoms with Crippen molar-refractivity contribution in [3.63, 3.8) is 0 Å². The zero-order chi connectivity index (χ0) is 23.3. The molecule has 0 saturated carbocycles. The van der Waals surface area contributed by atoms with Gasteiger partial charge in [-0.1, -0.05) is 18.9 Å². The maximum Gasteiger partial charge on any atom is 0.241 e. The molecule has 0 spiro atoms. The third-order valence-corrected chi connectivity index (χ3v) is 8.49. The number of sulfonamides is 1. The van der Waals surface area contributed by atoms with Crippen LogP contribution in [-0.4, -0.2) is 87.3 Å². The van der Waals surface area contributed by atoms with Crippen LogP contribution in [0.3, 0.4) is 0 Å². The minimum Gasteiger partial charge on any atom is -0.342 e. The number of piperazine rings is 1. The fourth-order valence-electron chi connectivity index (χ4n) is 5.00. The number of rotatable bonds is 6. The van der Waals surface area contributed by atoms with Crippen LogP contribution in [-0.2, 0) is 32.5 Å². The molecule has 9 heteroatoms. The molecule has 2 aliphatic heterocycles. The van der Waals surface area contributed by atoms with Crippen molar-refractivity contribution < 1.29 is 18.0 Å². The summed E-state index contributed by atoms with van der Waals surface area (Å²) in [5.74, 6) is -0.0514. The van der Waals surface area contributed by atoms with Crippen molar-refractivity contribution in [3.05, 3.63) is 29.3 Å². The number of nitrogens with one attached hydrogen (secondary N) is 1. The summed E-state index contributed by atoms with van der Waals surface area (Å²) in [4.78, 5) is 31.2. The Morgan fingerprint density at radius 1 is 0.758 bits per heavy atom. The van der Waals surface area contributed by atoms with Crippen LogP contribution in [0.5, 0.6) is 0 Å². The van der Waals surface area contributed by atoms with Crippen molar-refractivity contribution >= 4 is 21.8 Å². The summed E-state index contributed by atoms with van der Waals surface area (Å²) in [6.07, 6.45) is 8.68. The van der Waals surface area contributed by atoms with Crippen LogP contribution in [0, 0.1) is 0 Å². The van der Waals surface area contributed by atoms with Gasteiger partial charge in [-0.15, -0.1) is 0 Å². The summed E-state index contributed by atoms with van der Waals surface area (Å²) in [6, 6.07) is 5.29. The van der Waals surface area contributed by atoms with Crippen molar-refractivity contribution in [2.75, 3.05) is 52.4 Å². The summed E-state index contributed by atoms with van der Waals surface area (Å²) in [7, 11) is -3.73. The van der Waals surface area contributed by atoms with Gasteiger partial charge in [0.2, 0.25) is 21.8 Å². The first-order valence-electron chi connectivity index (χ1n) is 12.3. The highest BCUT2D eigenvalue weighted by molar-refractivity contribution is 7.89. The van der Waals surface area contributed by atoms with Gasteiger partial charge in [-0.05, 0) is 61.8 Å². The molecule has 0 unspecified atom stereocenters. The van der Waals surface area contributed by atoms with Gasteiger partial charge in [-0.2, -0.15) is 0 Å². The monoisotopic (exact) mass is 476 g/mol. The maximum absolute atomic E-state index is 12.7. The van der Waals surface area contributed by atoms with Crippen molar-refractivity contribution in [1.29, 1.82) is 0 Å². The van der Waals surface area contributed by atoms with Gasteiger partial charge in [-0.3, -0.25) is 14.5 Å². The Hall–Kier alpha value is -1.97. The molecule has 2 fully saturated rings. The molecule has 1 aromatic rings. The molecule has 3 aliphatic rings. The molecule has 182 valence electrons. The Labute approximate surface area is 197 Å². The SMILES string of the molecule is O=C(CNS(=O)(=O)c1ccc2c(c1)CCCC2)N1CCN(CC(=O)N2CCCCCC2)CC1. The number of hydrogen-bond donors (Lipinski definition) is 1. The predicted octanol–water partition coefficient (Wildman–Crippen LogP) is 1.39. The lowest BCUT2D eigenvalue weighted by atomic mass is 9.92. The minimum absolute atomic E-state index is 0.175. The van der Waals surface area contributed by atoms with E-state index < -0.39 is 10.0 Å². The van der Waals surface area contributed by atoms with Gasteiger partial charge < -0.3 is 9.80 Å². The van der Waals surface area contributed by atoms with Crippen LogP contribution < -0.4 is 4.72 Å². The van der Waals surface area contributed by atoms with Crippen LogP contribution in [0.4, 0.5) is 0 Å². The third-order valence-electron chi connectivity index (χ3n) is 7.09. The number of carbonyl (C=O) groups excluding carboxylic acids is 2. The Morgan fingerprint density at radius 3 is 2.09 bits per heavy atom. The molecule has 8 nitrogen and oxygen atoms in total. The minimum atomic E-state index is -3.73. The van der Waals surface area contributed by atoms with Crippen LogP contribution in [0.1, 0.15) is 49.7 Å². The van der Waals surface area contributed by atoms with E-state index in [9.17, 15) is 18.0 Å². The number of fused-ring (bicyclic) bond motifs is 1. The Balaban J connectivity index is 1.23. The van der Waals surface area contributed by atoms with Crippen molar-refractivity contribution in [2.24, 2.45) is 0 Å². The molecule has 1 N–H and O–H groups in total. The molecule has 0 aromatic heterocycles. The molecular weight excluding hydrogens is 440 g/mol. The smallest absolute Gasteiger partial charge is 0.241 e. The molecule has 1 aliphatic carbocycles. The summed E-state index contributed by atoms with van der Waals surface area (Å²) < 4.78 is 27.9. The van der Waals surface area contributed by atoms with Crippen molar-refractivity contribution in [1.82, 2.24) is 19.4 Å². The first-order valence-corrected chi connectivity index (χ1v) is 13.8. The van der Waals surface area contributed by atoms with E-state index in [0.29, 0.717) is 32.7 Å². The fraction of sp³-hybridized carbons (Fsp3) is 0.667. The number of aryl methyl sites for hydroxylation is 2. The lowest BCUT2D eigenvalue weighted by Crippen LogP contribution is -2.53. The second-order valence-corrected chi connectivity index (χ2v) is 11.2. The van der Waals surface area contributed by atoms with E-state index in [4.69, 9.17) is 0 Å². The van der Waals surface area contributed by atoms with Gasteiger partial charge in [0, 0.05) is 39.3 Å². The van der Waals surface area contributed by atoms with Gasteiger partial charge >= 0.3 is 0 Å². The number of hydrogen-bond acceptors (Lipinski definition) is 5. The Morgan fingerprint density at radius 2 is 1.39 bits per heavy atom. The number of benzene rings is 1. The van der Waals surface area contributed by atoms with Gasteiger partial charge in [0.05, 0.1) is 18.0 Å². The highest BCUT2D eigenvalue weighted by Crippen LogP contribution is 2.24. The number of amides is 2. The molecule has 0 atom stereocenters. The van der Waals surface area contributed by atoms with Crippen molar-refractivity contribution in [3.8, 4) is 0 Å². The highest BCUT2D eigenvalue weighted by Gasteiger charge is 2.26. The first-order chi connectivity index (χ1) is 15.9. The third kappa shape index (κ3) is 6.33. The summed E-state index contributed by atoms with van der Waals surface area (Å²) in [5, 5.41) is 0. The van der Waals surface area contributed by atoms with E-state index in [2.05, 4.69) is 9.62 Å². The summed E-state index contributed by atoms with van der Waals surface area (Å²) >= 11 is 0. The Kier molecular flexibility index (Phi) is 8.03. The lowest BCUT2D eigenvalue weighted by Gasteiger charge is -2.35. The number of carbonyl (C=O) groups is 2. The molecule has 1 aromatic carbocycles. The van der Waals surface area contributed by atoms with Gasteiger partial charge in [0.25, 0.3) is 0 Å². The summed E-state index contributed by atoms with van der Waals surface area (Å²) in [5.41, 5.74) is 2.32. The molecule has 2 saturated heterocycles. The van der Waals surface area contributed by atoms with E-state index in [1.165, 1.54) is 18.4 Å². The van der Waals surface area contributed by atoms with Crippen LogP contribution in [0.25, 0.3) is 0 Å². The second kappa shape index (κ2) is 11.0. The van der Waals surface area contributed by atoms with Crippen molar-refractivity contribution in [2.45, 2.75) is 56.3 Å². The molecule has 4 rings (SSSR count). The van der Waals surface area contributed by atoms with E-state index in [1.807, 2.05) is 11.0 Å². The molecular formula is C24H36N4O4S. The molecule has 0 bridgehead atoms. The van der Waals surface area contributed by atoms with E-state index >= 15 is 0 Å². The van der Waals surface area contributed by atoms with Crippen LogP contribution in [0.2, 0.25) is 0 Å². The van der Waals surface area contributed by atoms with E-state index in [0.717, 1.165) is 57.2 Å². The average Bonchev–Trinajstić information content (AvgIpc) is 3.12. The topological polar surface area (TPSA) is 90.0 Å². The normalized spacial score (nSPS) is 20.2. The van der Waals surface area contributed by atoms with Gasteiger partial charge in [0.1, 0.15) is 0 Å². The lowest BCUT2D eigenvalue weighted by molar-refractivity contribution is -0.134. The number of nitrogens with zero attached hydrogens (tertiary/aromatic N) is 3. The molecule has 33 heavy (non-hydrogen) atoms. The first kappa shape index (κ1) is 24.2. The average molecular weight is 477 g/mol. The van der Waals surface area contributed by atoms with Gasteiger partial charge in [0.15, 0.2) is 0 Å². The molecule has 2 heterocycles. The summed E-state index contributed by atoms with van der Waals surface area (Å²) in [6.45, 7) is 4.12. The highest BCUT2D eigenvalue weighted by atomic mass is 32.2.